The number of benzene rings is 3. The zero-order valence-electron chi connectivity index (χ0n) is 24.7. The molecule has 1 unspecified atom stereocenters. The van der Waals surface area contributed by atoms with E-state index in [1.165, 1.54) is 0 Å². The van der Waals surface area contributed by atoms with Gasteiger partial charge in [0.25, 0.3) is 0 Å². The van der Waals surface area contributed by atoms with E-state index < -0.39 is 15.8 Å². The van der Waals surface area contributed by atoms with Gasteiger partial charge in [-0.05, 0) is 83.8 Å². The molecule has 0 fully saturated rings. The topological polar surface area (TPSA) is 83.9 Å². The van der Waals surface area contributed by atoms with E-state index in [2.05, 4.69) is 32.0 Å². The maximum Gasteiger partial charge on any atom is 0.335 e. The molecule has 1 N–H and O–H groups in total. The van der Waals surface area contributed by atoms with Crippen LogP contribution < -0.4 is 9.64 Å². The number of carboxylic acid groups (broad SMARTS) is 1. The maximum absolute atomic E-state index is 14.0. The summed E-state index contributed by atoms with van der Waals surface area (Å²) < 4.78 is 33.9. The van der Waals surface area contributed by atoms with Crippen LogP contribution in [0.5, 0.6) is 5.75 Å². The summed E-state index contributed by atoms with van der Waals surface area (Å²) in [5.74, 6) is -0.0875. The van der Waals surface area contributed by atoms with Crippen molar-refractivity contribution in [3.8, 4) is 5.75 Å². The Hall–Kier alpha value is -3.32. The number of rotatable bonds is 12. The predicted molar refractivity (Wildman–Crippen MR) is 165 cm³/mol. The number of aromatic carboxylic acids is 1. The highest BCUT2D eigenvalue weighted by molar-refractivity contribution is 7.91. The molecule has 1 aliphatic rings. The molecule has 3 aromatic rings. The summed E-state index contributed by atoms with van der Waals surface area (Å²) in [4.78, 5) is 13.6. The lowest BCUT2D eigenvalue weighted by molar-refractivity contribution is 0.0696. The molecule has 0 amide bonds. The Morgan fingerprint density at radius 1 is 0.951 bits per heavy atom. The SMILES string of the molecule is CCCCC1(CCCC)CC(c2ccc(OCc3ccc(C(=O)O)cc3)cc2)c2cc(N(C)C)ccc2S(=O)(=O)C1. The van der Waals surface area contributed by atoms with Gasteiger partial charge in [-0.2, -0.15) is 0 Å². The zero-order valence-corrected chi connectivity index (χ0v) is 25.5. The minimum Gasteiger partial charge on any atom is -0.489 e. The van der Waals surface area contributed by atoms with E-state index in [-0.39, 0.29) is 22.6 Å². The van der Waals surface area contributed by atoms with Crippen molar-refractivity contribution in [2.75, 3.05) is 24.7 Å². The van der Waals surface area contributed by atoms with Gasteiger partial charge in [0.05, 0.1) is 16.2 Å². The summed E-state index contributed by atoms with van der Waals surface area (Å²) in [6, 6.07) is 20.5. The van der Waals surface area contributed by atoms with Crippen LogP contribution in [0.4, 0.5) is 5.69 Å². The van der Waals surface area contributed by atoms with Gasteiger partial charge in [-0.15, -0.1) is 0 Å². The molecule has 4 rings (SSSR count). The van der Waals surface area contributed by atoms with Crippen molar-refractivity contribution in [1.82, 2.24) is 0 Å². The van der Waals surface area contributed by atoms with Crippen molar-refractivity contribution in [3.05, 3.63) is 89.0 Å². The van der Waals surface area contributed by atoms with Crippen LogP contribution in [0.25, 0.3) is 0 Å². The van der Waals surface area contributed by atoms with Crippen LogP contribution in [-0.2, 0) is 16.4 Å². The third-order valence-corrected chi connectivity index (χ3v) is 10.4. The highest BCUT2D eigenvalue weighted by Crippen LogP contribution is 2.50. The van der Waals surface area contributed by atoms with Crippen LogP contribution in [0.15, 0.2) is 71.6 Å². The highest BCUT2D eigenvalue weighted by Gasteiger charge is 2.43. The van der Waals surface area contributed by atoms with E-state index >= 15 is 0 Å². The molecule has 0 aliphatic carbocycles. The molecule has 0 saturated carbocycles. The number of nitrogens with zero attached hydrogens (tertiary/aromatic N) is 1. The first-order chi connectivity index (χ1) is 19.6. The molecule has 0 spiro atoms. The van der Waals surface area contributed by atoms with Gasteiger partial charge in [0.2, 0.25) is 0 Å². The monoisotopic (exact) mass is 577 g/mol. The molecule has 1 aliphatic heterocycles. The van der Waals surface area contributed by atoms with Crippen LogP contribution in [0.2, 0.25) is 0 Å². The summed E-state index contributed by atoms with van der Waals surface area (Å²) >= 11 is 0. The summed E-state index contributed by atoms with van der Waals surface area (Å²) in [5.41, 5.74) is 3.83. The number of unbranched alkanes of at least 4 members (excludes halogenated alkanes) is 2. The Kier molecular flexibility index (Phi) is 9.80. The molecule has 7 heteroatoms. The molecule has 0 aromatic heterocycles. The van der Waals surface area contributed by atoms with Crippen LogP contribution in [-0.4, -0.2) is 39.3 Å². The van der Waals surface area contributed by atoms with E-state index in [4.69, 9.17) is 9.84 Å². The highest BCUT2D eigenvalue weighted by atomic mass is 32.2. The first-order valence-corrected chi connectivity index (χ1v) is 16.3. The molecule has 1 heterocycles. The molecule has 3 aromatic carbocycles. The average Bonchev–Trinajstić information content (AvgIpc) is 3.06. The number of carbonyl (C=O) groups is 1. The number of carboxylic acids is 1. The van der Waals surface area contributed by atoms with E-state index in [1.54, 1.807) is 24.3 Å². The Morgan fingerprint density at radius 2 is 1.59 bits per heavy atom. The number of anilines is 1. The first kappa shape index (κ1) is 30.6. The van der Waals surface area contributed by atoms with E-state index in [9.17, 15) is 13.2 Å². The zero-order chi connectivity index (χ0) is 29.6. The lowest BCUT2D eigenvalue weighted by Gasteiger charge is -2.35. The quantitative estimate of drug-likeness (QED) is 0.237. The molecule has 41 heavy (non-hydrogen) atoms. The predicted octanol–water partition coefficient (Wildman–Crippen LogP) is 7.71. The Morgan fingerprint density at radius 3 is 2.15 bits per heavy atom. The van der Waals surface area contributed by atoms with E-state index in [1.807, 2.05) is 43.3 Å². The molecule has 6 nitrogen and oxygen atoms in total. The van der Waals surface area contributed by atoms with Gasteiger partial charge in [-0.3, -0.25) is 0 Å². The Labute approximate surface area is 245 Å². The van der Waals surface area contributed by atoms with Crippen molar-refractivity contribution < 1.29 is 23.1 Å². The standard InChI is InChI=1S/C34H43NO5S/c1-5-7-19-34(20-8-6-2)22-31(30-21-28(35(3)4)15-18-32(30)41(38,39)24-34)26-13-16-29(17-14-26)40-23-25-9-11-27(12-10-25)33(36)37/h9-18,21,31H,5-8,19-20,22-24H2,1-4H3,(H,36,37). The number of sulfone groups is 1. The molecule has 1 atom stereocenters. The summed E-state index contributed by atoms with van der Waals surface area (Å²) in [7, 11) is 0.498. The summed E-state index contributed by atoms with van der Waals surface area (Å²) in [6.07, 6.45) is 6.75. The first-order valence-electron chi connectivity index (χ1n) is 14.7. The van der Waals surface area contributed by atoms with Gasteiger partial charge in [-0.25, -0.2) is 13.2 Å². The normalized spacial score (nSPS) is 17.3. The van der Waals surface area contributed by atoms with E-state index in [0.29, 0.717) is 17.3 Å². The molecular weight excluding hydrogens is 534 g/mol. The second-order valence-electron chi connectivity index (χ2n) is 11.7. The third-order valence-electron chi connectivity index (χ3n) is 8.36. The number of hydrogen-bond donors (Lipinski definition) is 1. The van der Waals surface area contributed by atoms with Gasteiger partial charge in [0.1, 0.15) is 12.4 Å². The lowest BCUT2D eigenvalue weighted by atomic mass is 9.70. The number of fused-ring (bicyclic) bond motifs is 1. The number of ether oxygens (including phenoxy) is 1. The molecule has 0 bridgehead atoms. The summed E-state index contributed by atoms with van der Waals surface area (Å²) in [5, 5.41) is 9.12. The van der Waals surface area contributed by atoms with Crippen molar-refractivity contribution >= 4 is 21.5 Å². The minimum absolute atomic E-state index is 0.0477. The fourth-order valence-corrected chi connectivity index (χ4v) is 8.24. The Bertz CT molecular complexity index is 1420. The minimum atomic E-state index is -3.47. The maximum atomic E-state index is 14.0. The van der Waals surface area contributed by atoms with Gasteiger partial charge in [0.15, 0.2) is 9.84 Å². The van der Waals surface area contributed by atoms with Crippen molar-refractivity contribution in [2.45, 2.75) is 76.2 Å². The van der Waals surface area contributed by atoms with Crippen LogP contribution in [0, 0.1) is 5.41 Å². The molecule has 0 saturated heterocycles. The molecule has 0 radical (unpaired) electrons. The van der Waals surface area contributed by atoms with Gasteiger partial charge in [0, 0.05) is 25.7 Å². The van der Waals surface area contributed by atoms with Crippen LogP contribution >= 0.6 is 0 Å². The van der Waals surface area contributed by atoms with Crippen LogP contribution in [0.1, 0.15) is 91.8 Å². The number of hydrogen-bond acceptors (Lipinski definition) is 5. The smallest absolute Gasteiger partial charge is 0.335 e. The molecular formula is C34H43NO5S. The van der Waals surface area contributed by atoms with Crippen molar-refractivity contribution in [2.24, 2.45) is 5.41 Å². The van der Waals surface area contributed by atoms with Crippen molar-refractivity contribution in [1.29, 1.82) is 0 Å². The Balaban J connectivity index is 1.69. The second kappa shape index (κ2) is 13.1. The fourth-order valence-electron chi connectivity index (χ4n) is 6.03. The van der Waals surface area contributed by atoms with Gasteiger partial charge in [-0.1, -0.05) is 63.8 Å². The van der Waals surface area contributed by atoms with Crippen molar-refractivity contribution in [3.63, 3.8) is 0 Å². The largest absolute Gasteiger partial charge is 0.489 e. The fraction of sp³-hybridized carbons (Fsp3) is 0.441. The van der Waals surface area contributed by atoms with Gasteiger partial charge >= 0.3 is 5.97 Å². The van der Waals surface area contributed by atoms with Gasteiger partial charge < -0.3 is 14.7 Å². The summed E-state index contributed by atoms with van der Waals surface area (Å²) in [6.45, 7) is 4.67. The third kappa shape index (κ3) is 7.31. The lowest BCUT2D eigenvalue weighted by Crippen LogP contribution is -2.30. The van der Waals surface area contributed by atoms with Crippen LogP contribution in [0.3, 0.4) is 0 Å². The average molecular weight is 578 g/mol. The molecule has 220 valence electrons. The van der Waals surface area contributed by atoms with E-state index in [0.717, 1.165) is 67.3 Å². The second-order valence-corrected chi connectivity index (χ2v) is 13.7.